The number of rotatable bonds is 8. The van der Waals surface area contributed by atoms with E-state index in [1.165, 1.54) is 11.3 Å². The van der Waals surface area contributed by atoms with Gasteiger partial charge in [0.05, 0.1) is 20.6 Å². The summed E-state index contributed by atoms with van der Waals surface area (Å²) < 4.78 is 11.9. The number of fused-ring (bicyclic) bond motifs is 1. The van der Waals surface area contributed by atoms with Crippen molar-refractivity contribution in [3.63, 3.8) is 0 Å². The second kappa shape index (κ2) is 10.8. The van der Waals surface area contributed by atoms with Crippen LogP contribution in [0.4, 0.5) is 5.13 Å². The Hall–Kier alpha value is -2.35. The molecular weight excluding hydrogens is 434 g/mol. The molecule has 31 heavy (non-hydrogen) atoms. The maximum Gasteiger partial charge on any atom is 0.233 e. The average molecular weight is 464 g/mol. The first-order valence-electron chi connectivity index (χ1n) is 9.86. The molecule has 168 valence electrons. The van der Waals surface area contributed by atoms with Gasteiger partial charge >= 0.3 is 0 Å². The molecule has 2 aromatic carbocycles. The molecule has 1 heterocycles. The van der Waals surface area contributed by atoms with E-state index in [-0.39, 0.29) is 18.3 Å². The highest BCUT2D eigenvalue weighted by atomic mass is 35.5. The second-order valence-electron chi connectivity index (χ2n) is 7.60. The van der Waals surface area contributed by atoms with Crippen LogP contribution in [0.1, 0.15) is 16.7 Å². The van der Waals surface area contributed by atoms with Crippen molar-refractivity contribution < 1.29 is 14.3 Å². The van der Waals surface area contributed by atoms with E-state index < -0.39 is 0 Å². The molecule has 1 aromatic heterocycles. The fourth-order valence-corrected chi connectivity index (χ4v) is 4.38. The summed E-state index contributed by atoms with van der Waals surface area (Å²) >= 11 is 1.45. The van der Waals surface area contributed by atoms with Crippen LogP contribution in [0.25, 0.3) is 10.2 Å². The van der Waals surface area contributed by atoms with E-state index >= 15 is 0 Å². The molecule has 0 saturated carbocycles. The fraction of sp³-hybridized carbons (Fsp3) is 0.391. The van der Waals surface area contributed by atoms with Gasteiger partial charge in [0.2, 0.25) is 5.91 Å². The van der Waals surface area contributed by atoms with E-state index in [9.17, 15) is 4.79 Å². The highest BCUT2D eigenvalue weighted by Gasteiger charge is 2.23. The third-order valence-corrected chi connectivity index (χ3v) is 6.14. The van der Waals surface area contributed by atoms with Gasteiger partial charge in [-0.3, -0.25) is 9.69 Å². The lowest BCUT2D eigenvalue weighted by atomic mass is 10.0. The van der Waals surface area contributed by atoms with Gasteiger partial charge in [0.25, 0.3) is 0 Å². The van der Waals surface area contributed by atoms with Gasteiger partial charge in [-0.15, -0.1) is 12.4 Å². The summed E-state index contributed by atoms with van der Waals surface area (Å²) in [6, 6.07) is 9.93. The molecule has 0 spiro atoms. The third kappa shape index (κ3) is 5.67. The molecule has 0 unspecified atom stereocenters. The second-order valence-corrected chi connectivity index (χ2v) is 8.58. The highest BCUT2D eigenvalue weighted by molar-refractivity contribution is 7.22. The summed E-state index contributed by atoms with van der Waals surface area (Å²) in [6.45, 7) is 5.38. The SMILES string of the molecule is COc1ccc(OC)c2sc(N(CCN(C)C)C(=O)Cc3cc(C)ccc3C)nc12.Cl. The molecule has 0 aliphatic heterocycles. The van der Waals surface area contributed by atoms with E-state index in [2.05, 4.69) is 23.1 Å². The van der Waals surface area contributed by atoms with E-state index in [1.807, 2.05) is 40.1 Å². The third-order valence-electron chi connectivity index (χ3n) is 5.05. The number of carbonyl (C=O) groups is 1. The normalized spacial score (nSPS) is 10.8. The number of hydrogen-bond donors (Lipinski definition) is 0. The first-order valence-corrected chi connectivity index (χ1v) is 10.7. The Balaban J connectivity index is 0.00000341. The molecule has 0 atom stereocenters. The van der Waals surface area contributed by atoms with Crippen molar-refractivity contribution in [3.05, 3.63) is 47.0 Å². The fourth-order valence-electron chi connectivity index (χ4n) is 3.27. The zero-order valence-corrected chi connectivity index (χ0v) is 20.5. The minimum atomic E-state index is 0. The van der Waals surface area contributed by atoms with Gasteiger partial charge in [-0.1, -0.05) is 35.1 Å². The molecule has 8 heteroatoms. The molecule has 3 rings (SSSR count). The predicted octanol–water partition coefficient (Wildman–Crippen LogP) is 4.49. The predicted molar refractivity (Wildman–Crippen MR) is 130 cm³/mol. The lowest BCUT2D eigenvalue weighted by molar-refractivity contribution is -0.118. The van der Waals surface area contributed by atoms with Crippen LogP contribution in [0.15, 0.2) is 30.3 Å². The minimum Gasteiger partial charge on any atom is -0.495 e. The number of methoxy groups -OCH3 is 2. The van der Waals surface area contributed by atoms with Crippen LogP contribution in [-0.2, 0) is 11.2 Å². The minimum absolute atomic E-state index is 0. The molecule has 6 nitrogen and oxygen atoms in total. The Morgan fingerprint density at radius 2 is 1.71 bits per heavy atom. The first kappa shape index (κ1) is 24.9. The number of aromatic nitrogens is 1. The number of halogens is 1. The summed E-state index contributed by atoms with van der Waals surface area (Å²) in [5.41, 5.74) is 4.03. The number of aryl methyl sites for hydroxylation is 2. The monoisotopic (exact) mass is 463 g/mol. The van der Waals surface area contributed by atoms with Crippen molar-refractivity contribution in [2.45, 2.75) is 20.3 Å². The Kier molecular flexibility index (Phi) is 8.68. The quantitative estimate of drug-likeness (QED) is 0.492. The van der Waals surface area contributed by atoms with Gasteiger partial charge in [0, 0.05) is 13.1 Å². The van der Waals surface area contributed by atoms with Gasteiger partial charge in [0.15, 0.2) is 5.13 Å². The van der Waals surface area contributed by atoms with Crippen LogP contribution in [0.2, 0.25) is 0 Å². The lowest BCUT2D eigenvalue weighted by Gasteiger charge is -2.22. The summed E-state index contributed by atoms with van der Waals surface area (Å²) in [6.07, 6.45) is 0.338. The van der Waals surface area contributed by atoms with Crippen molar-refractivity contribution in [1.29, 1.82) is 0 Å². The number of ether oxygens (including phenoxy) is 2. The molecule has 3 aromatic rings. The Labute approximate surface area is 194 Å². The molecule has 0 saturated heterocycles. The highest BCUT2D eigenvalue weighted by Crippen LogP contribution is 2.40. The number of benzene rings is 2. The van der Waals surface area contributed by atoms with E-state index in [4.69, 9.17) is 14.5 Å². The van der Waals surface area contributed by atoms with Crippen molar-refractivity contribution in [2.75, 3.05) is 46.3 Å². The molecule has 0 N–H and O–H groups in total. The van der Waals surface area contributed by atoms with Crippen LogP contribution in [0.3, 0.4) is 0 Å². The number of likely N-dealkylation sites (N-methyl/N-ethyl adjacent to an activating group) is 1. The first-order chi connectivity index (χ1) is 14.3. The van der Waals surface area contributed by atoms with Crippen molar-refractivity contribution in [1.82, 2.24) is 9.88 Å². The van der Waals surface area contributed by atoms with Gasteiger partial charge < -0.3 is 14.4 Å². The number of hydrogen-bond acceptors (Lipinski definition) is 6. The molecule has 0 fully saturated rings. The van der Waals surface area contributed by atoms with Crippen LogP contribution in [-0.4, -0.2) is 57.2 Å². The summed E-state index contributed by atoms with van der Waals surface area (Å²) in [7, 11) is 7.25. The molecule has 0 bridgehead atoms. The standard InChI is InChI=1S/C23H29N3O3S.ClH/c1-15-7-8-16(2)17(13-15)14-20(27)26(12-11-25(3)4)23-24-21-18(28-5)9-10-19(29-6)22(21)30-23;/h7-10,13H,11-12,14H2,1-6H3;1H. The van der Waals surface area contributed by atoms with E-state index in [1.54, 1.807) is 19.1 Å². The summed E-state index contributed by atoms with van der Waals surface area (Å²) in [5.74, 6) is 1.43. The number of thiazole rings is 1. The van der Waals surface area contributed by atoms with E-state index in [0.717, 1.165) is 33.7 Å². The van der Waals surface area contributed by atoms with Crippen LogP contribution >= 0.6 is 23.7 Å². The molecule has 1 amide bonds. The Bertz CT molecular complexity index is 1010. The lowest BCUT2D eigenvalue weighted by Crippen LogP contribution is -2.37. The summed E-state index contributed by atoms with van der Waals surface area (Å²) in [4.78, 5) is 22.0. The smallest absolute Gasteiger partial charge is 0.233 e. The van der Waals surface area contributed by atoms with Crippen molar-refractivity contribution >= 4 is 45.0 Å². The van der Waals surface area contributed by atoms with Crippen molar-refractivity contribution in [2.24, 2.45) is 0 Å². The topological polar surface area (TPSA) is 54.9 Å². The number of carbonyl (C=O) groups excluding carboxylic acids is 1. The van der Waals surface area contributed by atoms with Crippen molar-refractivity contribution in [3.8, 4) is 11.5 Å². The van der Waals surface area contributed by atoms with Crippen LogP contribution in [0, 0.1) is 13.8 Å². The zero-order valence-electron chi connectivity index (χ0n) is 18.9. The van der Waals surface area contributed by atoms with Gasteiger partial charge in [0.1, 0.15) is 21.7 Å². The van der Waals surface area contributed by atoms with Gasteiger partial charge in [-0.05, 0) is 51.2 Å². The average Bonchev–Trinajstić information content (AvgIpc) is 3.15. The maximum atomic E-state index is 13.4. The van der Waals surface area contributed by atoms with E-state index in [0.29, 0.717) is 29.4 Å². The molecule has 0 aliphatic carbocycles. The Morgan fingerprint density at radius 1 is 1.03 bits per heavy atom. The maximum absolute atomic E-state index is 13.4. The number of anilines is 1. The zero-order chi connectivity index (χ0) is 21.8. The van der Waals surface area contributed by atoms with Gasteiger partial charge in [-0.2, -0.15) is 0 Å². The largest absolute Gasteiger partial charge is 0.495 e. The number of amides is 1. The number of nitrogens with zero attached hydrogens (tertiary/aromatic N) is 3. The Morgan fingerprint density at radius 3 is 2.35 bits per heavy atom. The van der Waals surface area contributed by atoms with Gasteiger partial charge in [-0.25, -0.2) is 4.98 Å². The summed E-state index contributed by atoms with van der Waals surface area (Å²) in [5, 5.41) is 0.657. The molecule has 0 radical (unpaired) electrons. The molecular formula is C23H30ClN3O3S. The molecule has 0 aliphatic rings. The van der Waals surface area contributed by atoms with Crippen LogP contribution < -0.4 is 14.4 Å². The van der Waals surface area contributed by atoms with Crippen LogP contribution in [0.5, 0.6) is 11.5 Å².